The van der Waals surface area contributed by atoms with Crippen LogP contribution in [-0.4, -0.2) is 33.3 Å². The number of hydrogen-bond donors (Lipinski definition) is 1. The highest BCUT2D eigenvalue weighted by atomic mass is 32.2. The van der Waals surface area contributed by atoms with Crippen LogP contribution < -0.4 is 14.4 Å². The highest BCUT2D eigenvalue weighted by Crippen LogP contribution is 2.27. The van der Waals surface area contributed by atoms with Gasteiger partial charge in [0.15, 0.2) is 5.78 Å². The molecule has 0 saturated heterocycles. The van der Waals surface area contributed by atoms with Crippen molar-refractivity contribution in [2.75, 3.05) is 22.8 Å². The van der Waals surface area contributed by atoms with Crippen LogP contribution in [0.5, 0.6) is 5.75 Å². The first-order valence-electron chi connectivity index (χ1n) is 13.4. The summed E-state index contributed by atoms with van der Waals surface area (Å²) in [7, 11) is -4.24. The number of ether oxygens (including phenoxy) is 1. The Hall–Kier alpha value is -4.50. The molecule has 0 saturated carbocycles. The van der Waals surface area contributed by atoms with Crippen molar-refractivity contribution in [3.8, 4) is 5.75 Å². The van der Waals surface area contributed by atoms with Gasteiger partial charge in [-0.15, -0.1) is 0 Å². The number of amides is 1. The fourth-order valence-electron chi connectivity index (χ4n) is 4.28. The van der Waals surface area contributed by atoms with E-state index in [0.717, 1.165) is 34.1 Å². The van der Waals surface area contributed by atoms with Crippen molar-refractivity contribution in [1.82, 2.24) is 0 Å². The van der Waals surface area contributed by atoms with Crippen LogP contribution in [0, 0.1) is 5.82 Å². The van der Waals surface area contributed by atoms with E-state index in [2.05, 4.69) is 26.1 Å². The summed E-state index contributed by atoms with van der Waals surface area (Å²) < 4.78 is 47.1. The van der Waals surface area contributed by atoms with E-state index < -0.39 is 28.3 Å². The van der Waals surface area contributed by atoms with Crippen molar-refractivity contribution in [2.24, 2.45) is 0 Å². The number of carbonyl (C=O) groups excluding carboxylic acids is 2. The summed E-state index contributed by atoms with van der Waals surface area (Å²) in [6.07, 6.45) is 0. The van der Waals surface area contributed by atoms with Gasteiger partial charge >= 0.3 is 0 Å². The van der Waals surface area contributed by atoms with E-state index in [1.54, 1.807) is 48.5 Å². The lowest BCUT2D eigenvalue weighted by Gasteiger charge is -2.24. The number of sulfonamides is 1. The van der Waals surface area contributed by atoms with Gasteiger partial charge in [-0.25, -0.2) is 12.8 Å². The van der Waals surface area contributed by atoms with Crippen LogP contribution in [0.1, 0.15) is 49.2 Å². The summed E-state index contributed by atoms with van der Waals surface area (Å²) in [6, 6.07) is 24.5. The molecule has 0 spiro atoms. The Morgan fingerprint density at radius 3 is 2.10 bits per heavy atom. The molecule has 0 aliphatic heterocycles. The zero-order chi connectivity index (χ0) is 30.5. The Morgan fingerprint density at radius 1 is 0.857 bits per heavy atom. The van der Waals surface area contributed by atoms with E-state index in [0.29, 0.717) is 29.2 Å². The molecule has 4 aromatic rings. The monoisotopic (exact) mass is 588 g/mol. The second-order valence-corrected chi connectivity index (χ2v) is 12.5. The highest BCUT2D eigenvalue weighted by molar-refractivity contribution is 7.92. The maximum atomic E-state index is 13.6. The van der Waals surface area contributed by atoms with Crippen molar-refractivity contribution in [3.63, 3.8) is 0 Å². The molecule has 218 valence electrons. The molecule has 4 rings (SSSR count). The van der Waals surface area contributed by atoms with E-state index in [1.165, 1.54) is 12.1 Å². The molecule has 0 aromatic heterocycles. The van der Waals surface area contributed by atoms with Gasteiger partial charge in [0.25, 0.3) is 10.0 Å². The number of nitrogens with zero attached hydrogens (tertiary/aromatic N) is 1. The smallest absolute Gasteiger partial charge is 0.264 e. The largest absolute Gasteiger partial charge is 0.494 e. The van der Waals surface area contributed by atoms with Crippen LogP contribution in [0.15, 0.2) is 102 Å². The Bertz CT molecular complexity index is 1660. The number of ketones is 1. The molecule has 0 fully saturated rings. The summed E-state index contributed by atoms with van der Waals surface area (Å²) in [4.78, 5) is 26.2. The molecule has 1 amide bonds. The SMILES string of the molecule is CCOc1ccc(N(CC(=O)Nc2cccc(C(=O)c3ccc(C(C)(C)C)cc3)c2)S(=O)(=O)c2ccc(F)cc2)cc1. The lowest BCUT2D eigenvalue weighted by molar-refractivity contribution is -0.114. The first-order valence-corrected chi connectivity index (χ1v) is 14.9. The van der Waals surface area contributed by atoms with Crippen LogP contribution in [-0.2, 0) is 20.2 Å². The molecular formula is C33H33FN2O5S. The molecule has 9 heteroatoms. The Labute approximate surface area is 246 Å². The fourth-order valence-corrected chi connectivity index (χ4v) is 5.70. The van der Waals surface area contributed by atoms with E-state index in [-0.39, 0.29) is 21.8 Å². The van der Waals surface area contributed by atoms with E-state index in [4.69, 9.17) is 4.74 Å². The average Bonchev–Trinajstić information content (AvgIpc) is 2.96. The predicted molar refractivity (Wildman–Crippen MR) is 162 cm³/mol. The summed E-state index contributed by atoms with van der Waals surface area (Å²) in [5.41, 5.74) is 2.50. The van der Waals surface area contributed by atoms with Gasteiger partial charge in [0, 0.05) is 16.8 Å². The zero-order valence-electron chi connectivity index (χ0n) is 23.9. The van der Waals surface area contributed by atoms with E-state index in [9.17, 15) is 22.4 Å². The topological polar surface area (TPSA) is 92.8 Å². The van der Waals surface area contributed by atoms with Crippen LogP contribution in [0.3, 0.4) is 0 Å². The normalized spacial score (nSPS) is 11.5. The summed E-state index contributed by atoms with van der Waals surface area (Å²) in [5, 5.41) is 2.70. The predicted octanol–water partition coefficient (Wildman–Crippen LogP) is 6.59. The lowest BCUT2D eigenvalue weighted by Crippen LogP contribution is -2.38. The highest BCUT2D eigenvalue weighted by Gasteiger charge is 2.27. The molecule has 1 N–H and O–H groups in total. The van der Waals surface area contributed by atoms with Gasteiger partial charge in [0.05, 0.1) is 17.2 Å². The van der Waals surface area contributed by atoms with Crippen molar-refractivity contribution in [2.45, 2.75) is 38.0 Å². The fraction of sp³-hybridized carbons (Fsp3) is 0.212. The maximum Gasteiger partial charge on any atom is 0.264 e. The minimum absolute atomic E-state index is 0.0465. The summed E-state index contributed by atoms with van der Waals surface area (Å²) >= 11 is 0. The Kier molecular flexibility index (Phi) is 9.11. The second kappa shape index (κ2) is 12.6. The molecule has 0 bridgehead atoms. The average molecular weight is 589 g/mol. The number of halogens is 1. The van der Waals surface area contributed by atoms with Gasteiger partial charge in [-0.3, -0.25) is 13.9 Å². The van der Waals surface area contributed by atoms with Crippen LogP contribution in [0.2, 0.25) is 0 Å². The van der Waals surface area contributed by atoms with Crippen molar-refractivity contribution in [1.29, 1.82) is 0 Å². The van der Waals surface area contributed by atoms with Gasteiger partial charge in [-0.05, 0) is 78.6 Å². The summed E-state index contributed by atoms with van der Waals surface area (Å²) in [6.45, 7) is 7.98. The minimum Gasteiger partial charge on any atom is -0.494 e. The maximum absolute atomic E-state index is 13.6. The molecule has 0 unspecified atom stereocenters. The third-order valence-corrected chi connectivity index (χ3v) is 8.33. The number of carbonyl (C=O) groups is 2. The van der Waals surface area contributed by atoms with E-state index >= 15 is 0 Å². The van der Waals surface area contributed by atoms with Crippen LogP contribution >= 0.6 is 0 Å². The zero-order valence-corrected chi connectivity index (χ0v) is 24.7. The third-order valence-electron chi connectivity index (χ3n) is 6.55. The van der Waals surface area contributed by atoms with Gasteiger partial charge in [0.2, 0.25) is 5.91 Å². The van der Waals surface area contributed by atoms with Crippen LogP contribution in [0.25, 0.3) is 0 Å². The Morgan fingerprint density at radius 2 is 1.50 bits per heavy atom. The van der Waals surface area contributed by atoms with Gasteiger partial charge in [-0.2, -0.15) is 0 Å². The quantitative estimate of drug-likeness (QED) is 0.211. The number of nitrogens with one attached hydrogen (secondary N) is 1. The molecule has 0 aliphatic rings. The molecule has 0 aliphatic carbocycles. The standard InChI is InChI=1S/C33H33FN2O5S/c1-5-41-29-17-15-28(16-18-29)36(42(39,40)30-19-13-26(34)14-20-30)22-31(37)35-27-8-6-7-24(21-27)32(38)23-9-11-25(12-10-23)33(2,3)4/h6-21H,5,22H2,1-4H3,(H,35,37). The van der Waals surface area contributed by atoms with Crippen LogP contribution in [0.4, 0.5) is 15.8 Å². The Balaban J connectivity index is 1.57. The molecule has 0 heterocycles. The van der Waals surface area contributed by atoms with Crippen molar-refractivity contribution in [3.05, 3.63) is 120 Å². The van der Waals surface area contributed by atoms with Crippen molar-refractivity contribution >= 4 is 33.1 Å². The number of hydrogen-bond acceptors (Lipinski definition) is 5. The molecule has 7 nitrogen and oxygen atoms in total. The molecule has 4 aromatic carbocycles. The molecule has 0 radical (unpaired) electrons. The first-order chi connectivity index (χ1) is 19.9. The molecular weight excluding hydrogens is 555 g/mol. The molecule has 42 heavy (non-hydrogen) atoms. The lowest BCUT2D eigenvalue weighted by atomic mass is 9.86. The van der Waals surface area contributed by atoms with Gasteiger partial charge in [0.1, 0.15) is 18.1 Å². The third kappa shape index (κ3) is 7.22. The minimum atomic E-state index is -4.24. The molecule has 0 atom stereocenters. The first kappa shape index (κ1) is 30.5. The number of rotatable bonds is 10. The number of benzene rings is 4. The van der Waals surface area contributed by atoms with Gasteiger partial charge in [-0.1, -0.05) is 57.2 Å². The summed E-state index contributed by atoms with van der Waals surface area (Å²) in [5.74, 6) is -0.881. The van der Waals surface area contributed by atoms with E-state index in [1.807, 2.05) is 19.1 Å². The van der Waals surface area contributed by atoms with Crippen molar-refractivity contribution < 1.29 is 27.1 Å². The van der Waals surface area contributed by atoms with Gasteiger partial charge < -0.3 is 10.1 Å². The second-order valence-electron chi connectivity index (χ2n) is 10.7. The number of anilines is 2.